The number of nitrogen functional groups attached to an aromatic ring is 1. The van der Waals surface area contributed by atoms with Crippen LogP contribution in [0.25, 0.3) is 10.9 Å². The summed E-state index contributed by atoms with van der Waals surface area (Å²) in [5.41, 5.74) is 6.25. The zero-order valence-corrected chi connectivity index (χ0v) is 9.08. The average Bonchev–Trinajstić information content (AvgIpc) is 2.15. The van der Waals surface area contributed by atoms with Crippen LogP contribution in [0.1, 0.15) is 0 Å². The fraction of sp³-hybridized carbons (Fsp3) is 0.111. The van der Waals surface area contributed by atoms with Gasteiger partial charge in [0.25, 0.3) is 0 Å². The maximum atomic E-state index is 5.49. The van der Waals surface area contributed by atoms with Crippen molar-refractivity contribution >= 4 is 32.8 Å². The molecule has 1 aromatic heterocycles. The SMILES string of the molecule is COc1cc(Br)cc2nc(N)ncc12. The summed E-state index contributed by atoms with van der Waals surface area (Å²) in [7, 11) is 1.61. The molecule has 1 heterocycles. The molecule has 0 bridgehead atoms. The number of aromatic nitrogens is 2. The topological polar surface area (TPSA) is 61.0 Å². The molecular formula is C9H8BrN3O. The van der Waals surface area contributed by atoms with E-state index < -0.39 is 0 Å². The summed E-state index contributed by atoms with van der Waals surface area (Å²) < 4.78 is 6.10. The van der Waals surface area contributed by atoms with Gasteiger partial charge in [-0.15, -0.1) is 0 Å². The maximum Gasteiger partial charge on any atom is 0.220 e. The highest BCUT2D eigenvalue weighted by molar-refractivity contribution is 9.10. The van der Waals surface area contributed by atoms with Crippen LogP contribution in [0.5, 0.6) is 5.75 Å². The van der Waals surface area contributed by atoms with Crippen LogP contribution in [0, 0.1) is 0 Å². The zero-order chi connectivity index (χ0) is 10.1. The second-order valence-electron chi connectivity index (χ2n) is 2.77. The van der Waals surface area contributed by atoms with Crippen LogP contribution in [0.2, 0.25) is 0 Å². The fourth-order valence-corrected chi connectivity index (χ4v) is 1.68. The van der Waals surface area contributed by atoms with E-state index in [-0.39, 0.29) is 5.95 Å². The number of nitrogens with zero attached hydrogens (tertiary/aromatic N) is 2. The van der Waals surface area contributed by atoms with Gasteiger partial charge in [0.2, 0.25) is 5.95 Å². The van der Waals surface area contributed by atoms with Gasteiger partial charge in [-0.2, -0.15) is 0 Å². The van der Waals surface area contributed by atoms with Gasteiger partial charge in [0, 0.05) is 10.7 Å². The average molecular weight is 254 g/mol. The third-order valence-electron chi connectivity index (χ3n) is 1.87. The number of benzene rings is 1. The lowest BCUT2D eigenvalue weighted by atomic mass is 10.2. The van der Waals surface area contributed by atoms with E-state index in [0.717, 1.165) is 21.1 Å². The molecule has 0 saturated carbocycles. The molecule has 0 atom stereocenters. The molecule has 2 aromatic rings. The second-order valence-corrected chi connectivity index (χ2v) is 3.68. The molecule has 2 N–H and O–H groups in total. The number of hydrogen-bond donors (Lipinski definition) is 1. The molecule has 0 spiro atoms. The van der Waals surface area contributed by atoms with Crippen LogP contribution in [0.3, 0.4) is 0 Å². The number of hydrogen-bond acceptors (Lipinski definition) is 4. The van der Waals surface area contributed by atoms with Crippen LogP contribution in [-0.4, -0.2) is 17.1 Å². The second kappa shape index (κ2) is 3.42. The van der Waals surface area contributed by atoms with E-state index in [4.69, 9.17) is 10.5 Å². The van der Waals surface area contributed by atoms with Crippen molar-refractivity contribution in [1.29, 1.82) is 0 Å². The molecule has 4 nitrogen and oxygen atoms in total. The Kier molecular flexibility index (Phi) is 2.25. The number of nitrogens with two attached hydrogens (primary N) is 1. The Morgan fingerprint density at radius 3 is 2.93 bits per heavy atom. The molecule has 5 heteroatoms. The van der Waals surface area contributed by atoms with Crippen LogP contribution in [0.15, 0.2) is 22.8 Å². The van der Waals surface area contributed by atoms with Crippen molar-refractivity contribution in [3.63, 3.8) is 0 Å². The molecule has 2 rings (SSSR count). The van der Waals surface area contributed by atoms with E-state index in [1.807, 2.05) is 12.1 Å². The van der Waals surface area contributed by atoms with Gasteiger partial charge >= 0.3 is 0 Å². The van der Waals surface area contributed by atoms with Crippen LogP contribution >= 0.6 is 15.9 Å². The molecular weight excluding hydrogens is 246 g/mol. The summed E-state index contributed by atoms with van der Waals surface area (Å²) in [5.74, 6) is 0.993. The molecule has 0 aliphatic heterocycles. The summed E-state index contributed by atoms with van der Waals surface area (Å²) >= 11 is 3.37. The Morgan fingerprint density at radius 2 is 2.21 bits per heavy atom. The van der Waals surface area contributed by atoms with Gasteiger partial charge < -0.3 is 10.5 Å². The van der Waals surface area contributed by atoms with Gasteiger partial charge in [0.1, 0.15) is 5.75 Å². The molecule has 0 aliphatic carbocycles. The third-order valence-corrected chi connectivity index (χ3v) is 2.32. The first-order chi connectivity index (χ1) is 6.70. The molecule has 0 saturated heterocycles. The van der Waals surface area contributed by atoms with Crippen molar-refractivity contribution in [2.24, 2.45) is 0 Å². The quantitative estimate of drug-likeness (QED) is 0.845. The van der Waals surface area contributed by atoms with Gasteiger partial charge in [-0.1, -0.05) is 15.9 Å². The highest BCUT2D eigenvalue weighted by Gasteiger charge is 2.05. The standard InChI is InChI=1S/C9H8BrN3O/c1-14-8-3-5(10)2-7-6(8)4-12-9(11)13-7/h2-4H,1H3,(H2,11,12,13). The van der Waals surface area contributed by atoms with Gasteiger partial charge in [-0.05, 0) is 12.1 Å². The first-order valence-corrected chi connectivity index (χ1v) is 4.76. The third kappa shape index (κ3) is 1.50. The summed E-state index contributed by atoms with van der Waals surface area (Å²) in [6.07, 6.45) is 1.66. The number of fused-ring (bicyclic) bond motifs is 1. The first-order valence-electron chi connectivity index (χ1n) is 3.96. The molecule has 0 amide bonds. The number of anilines is 1. The first kappa shape index (κ1) is 9.21. The highest BCUT2D eigenvalue weighted by atomic mass is 79.9. The minimum atomic E-state index is 0.262. The molecule has 14 heavy (non-hydrogen) atoms. The predicted molar refractivity (Wildman–Crippen MR) is 58.2 cm³/mol. The van der Waals surface area contributed by atoms with Crippen molar-refractivity contribution in [1.82, 2.24) is 9.97 Å². The van der Waals surface area contributed by atoms with Crippen molar-refractivity contribution in [2.75, 3.05) is 12.8 Å². The van der Waals surface area contributed by atoms with Crippen molar-refractivity contribution in [3.05, 3.63) is 22.8 Å². The van der Waals surface area contributed by atoms with Crippen molar-refractivity contribution in [3.8, 4) is 5.75 Å². The van der Waals surface area contributed by atoms with Crippen molar-refractivity contribution in [2.45, 2.75) is 0 Å². The zero-order valence-electron chi connectivity index (χ0n) is 7.49. The summed E-state index contributed by atoms with van der Waals surface area (Å²) in [4.78, 5) is 8.02. The van der Waals surface area contributed by atoms with E-state index in [2.05, 4.69) is 25.9 Å². The highest BCUT2D eigenvalue weighted by Crippen LogP contribution is 2.28. The number of methoxy groups -OCH3 is 1. The van der Waals surface area contributed by atoms with E-state index >= 15 is 0 Å². The Morgan fingerprint density at radius 1 is 1.43 bits per heavy atom. The maximum absolute atomic E-state index is 5.49. The van der Waals surface area contributed by atoms with Crippen LogP contribution < -0.4 is 10.5 Å². The summed E-state index contributed by atoms with van der Waals surface area (Å²) in [6, 6.07) is 3.73. The minimum Gasteiger partial charge on any atom is -0.496 e. The fourth-order valence-electron chi connectivity index (χ4n) is 1.25. The largest absolute Gasteiger partial charge is 0.496 e. The van der Waals surface area contributed by atoms with Gasteiger partial charge in [0.15, 0.2) is 0 Å². The predicted octanol–water partition coefficient (Wildman–Crippen LogP) is 1.98. The van der Waals surface area contributed by atoms with Crippen molar-refractivity contribution < 1.29 is 4.74 Å². The Labute approximate surface area is 89.2 Å². The molecule has 0 radical (unpaired) electrons. The van der Waals surface area contributed by atoms with Gasteiger partial charge in [-0.25, -0.2) is 9.97 Å². The monoisotopic (exact) mass is 253 g/mol. The lowest BCUT2D eigenvalue weighted by Crippen LogP contribution is -1.95. The molecule has 1 aromatic carbocycles. The smallest absolute Gasteiger partial charge is 0.220 e. The van der Waals surface area contributed by atoms with E-state index in [0.29, 0.717) is 0 Å². The Balaban J connectivity index is 2.81. The van der Waals surface area contributed by atoms with E-state index in [9.17, 15) is 0 Å². The lowest BCUT2D eigenvalue weighted by molar-refractivity contribution is 0.419. The Hall–Kier alpha value is -1.36. The molecule has 72 valence electrons. The van der Waals surface area contributed by atoms with Crippen LogP contribution in [0.4, 0.5) is 5.95 Å². The summed E-state index contributed by atoms with van der Waals surface area (Å²) in [5, 5.41) is 0.852. The van der Waals surface area contributed by atoms with Crippen LogP contribution in [-0.2, 0) is 0 Å². The van der Waals surface area contributed by atoms with Gasteiger partial charge in [-0.3, -0.25) is 0 Å². The van der Waals surface area contributed by atoms with E-state index in [1.165, 1.54) is 0 Å². The van der Waals surface area contributed by atoms with Gasteiger partial charge in [0.05, 0.1) is 18.0 Å². The normalized spacial score (nSPS) is 10.4. The molecule has 0 fully saturated rings. The lowest BCUT2D eigenvalue weighted by Gasteiger charge is -2.05. The number of halogens is 1. The minimum absolute atomic E-state index is 0.262. The molecule has 0 unspecified atom stereocenters. The van der Waals surface area contributed by atoms with E-state index in [1.54, 1.807) is 13.3 Å². The number of rotatable bonds is 1. The molecule has 0 aliphatic rings. The Bertz CT molecular complexity index is 481. The summed E-state index contributed by atoms with van der Waals surface area (Å²) in [6.45, 7) is 0. The number of ether oxygens (including phenoxy) is 1.